The van der Waals surface area contributed by atoms with Crippen LogP contribution >= 0.6 is 12.6 Å². The minimum atomic E-state index is 0.128. The highest BCUT2D eigenvalue weighted by Crippen LogP contribution is 2.33. The summed E-state index contributed by atoms with van der Waals surface area (Å²) in [4.78, 5) is 0. The summed E-state index contributed by atoms with van der Waals surface area (Å²) < 4.78 is 0. The fourth-order valence-corrected chi connectivity index (χ4v) is 4.69. The Morgan fingerprint density at radius 1 is 0.810 bits per heavy atom. The largest absolute Gasteiger partial charge is 0.506 e. The van der Waals surface area contributed by atoms with Crippen LogP contribution in [0.3, 0.4) is 0 Å². The number of phenolic OH excluding ortho intramolecular Hbond substituents is 1. The first-order chi connectivity index (χ1) is 20.4. The predicted octanol–water partition coefficient (Wildman–Crippen LogP) is 11.6. The molecule has 0 amide bonds. The van der Waals surface area contributed by atoms with Gasteiger partial charge in [0.1, 0.15) is 5.75 Å². The van der Waals surface area contributed by atoms with Gasteiger partial charge in [0.2, 0.25) is 0 Å². The highest BCUT2D eigenvalue weighted by molar-refractivity contribution is 7.83. The first-order valence-electron chi connectivity index (χ1n) is 15.3. The standard InChI is InChI=1S/C32H36N2OS.C6H14/c1-5-6-8-13-23(2)30(20-21-36)33-24(3)27-18-19-31(32(35)22-27)34-25(4)28-16-11-12-17-29(28)26-14-9-7-10-15-26;1-3-5-6-4-2/h7,9-12,14-22,33-36H,3-6,8,13H2,1-2H3;3-6H2,1-2H3/b21-20-,30-23-;. The van der Waals surface area contributed by atoms with Crippen molar-refractivity contribution < 1.29 is 5.11 Å². The lowest BCUT2D eigenvalue weighted by atomic mass is 9.98. The number of hydrogen-bond donors (Lipinski definition) is 4. The third kappa shape index (κ3) is 11.3. The molecule has 0 saturated carbocycles. The van der Waals surface area contributed by atoms with E-state index in [1.807, 2.05) is 54.6 Å². The van der Waals surface area contributed by atoms with Crippen LogP contribution in [-0.4, -0.2) is 5.11 Å². The van der Waals surface area contributed by atoms with Gasteiger partial charge in [-0.15, -0.1) is 0 Å². The molecule has 0 radical (unpaired) electrons. The molecular weight excluding hydrogens is 532 g/mol. The van der Waals surface area contributed by atoms with Gasteiger partial charge < -0.3 is 15.7 Å². The van der Waals surface area contributed by atoms with E-state index in [1.165, 1.54) is 44.1 Å². The van der Waals surface area contributed by atoms with E-state index < -0.39 is 0 Å². The summed E-state index contributed by atoms with van der Waals surface area (Å²) in [5.74, 6) is 0.128. The average molecular weight is 583 g/mol. The molecular formula is C38H50N2OS. The Hall–Kier alpha value is -3.63. The van der Waals surface area contributed by atoms with Crippen LogP contribution in [0.1, 0.15) is 90.2 Å². The van der Waals surface area contributed by atoms with Gasteiger partial charge in [0, 0.05) is 28.2 Å². The Bertz CT molecular complexity index is 1320. The Labute approximate surface area is 260 Å². The smallest absolute Gasteiger partial charge is 0.139 e. The maximum atomic E-state index is 10.8. The first kappa shape index (κ1) is 34.6. The number of hydrogen-bond acceptors (Lipinski definition) is 4. The Kier molecular flexibility index (Phi) is 16.0. The molecule has 224 valence electrons. The topological polar surface area (TPSA) is 44.3 Å². The molecule has 0 heterocycles. The van der Waals surface area contributed by atoms with Crippen LogP contribution in [0, 0.1) is 0 Å². The number of phenols is 1. The lowest BCUT2D eigenvalue weighted by Gasteiger charge is -2.17. The third-order valence-electron chi connectivity index (χ3n) is 7.07. The molecule has 0 aliphatic carbocycles. The van der Waals surface area contributed by atoms with Gasteiger partial charge in [-0.05, 0) is 60.1 Å². The zero-order valence-corrected chi connectivity index (χ0v) is 26.9. The molecule has 0 spiro atoms. The molecule has 0 aromatic heterocycles. The van der Waals surface area contributed by atoms with E-state index in [2.05, 4.69) is 82.3 Å². The number of thiol groups is 1. The SMILES string of the molecule is C=C(NC(/C=C\S)=C(/C)CCCCC)c1ccc(NC(=C)c2ccccc2-c2ccccc2)c(O)c1.CCCCCC. The van der Waals surface area contributed by atoms with Gasteiger partial charge in [-0.1, -0.05) is 133 Å². The van der Waals surface area contributed by atoms with Crippen molar-refractivity contribution in [3.8, 4) is 16.9 Å². The molecule has 0 fully saturated rings. The summed E-state index contributed by atoms with van der Waals surface area (Å²) in [5, 5.41) is 19.2. The molecule has 0 saturated heterocycles. The van der Waals surface area contributed by atoms with Gasteiger partial charge in [0.05, 0.1) is 5.69 Å². The number of unbranched alkanes of at least 4 members (excludes halogenated alkanes) is 5. The quantitative estimate of drug-likeness (QED) is 0.0624. The number of nitrogens with one attached hydrogen (secondary N) is 2. The van der Waals surface area contributed by atoms with Crippen LogP contribution in [0.4, 0.5) is 5.69 Å². The Balaban J connectivity index is 0.000000928. The zero-order valence-electron chi connectivity index (χ0n) is 26.0. The summed E-state index contributed by atoms with van der Waals surface area (Å²) >= 11 is 4.25. The molecule has 0 unspecified atom stereocenters. The second-order valence-electron chi connectivity index (χ2n) is 10.5. The van der Waals surface area contributed by atoms with Crippen molar-refractivity contribution in [2.24, 2.45) is 0 Å². The van der Waals surface area contributed by atoms with Crippen LogP contribution in [0.15, 0.2) is 109 Å². The number of anilines is 1. The minimum Gasteiger partial charge on any atom is -0.506 e. The zero-order chi connectivity index (χ0) is 30.7. The second kappa shape index (κ2) is 19.5. The molecule has 4 heteroatoms. The van der Waals surface area contributed by atoms with Gasteiger partial charge in [-0.2, -0.15) is 12.6 Å². The monoisotopic (exact) mass is 582 g/mol. The molecule has 0 bridgehead atoms. The molecule has 3 aromatic carbocycles. The lowest BCUT2D eigenvalue weighted by molar-refractivity contribution is 0.477. The molecule has 0 aliphatic heterocycles. The third-order valence-corrected chi connectivity index (χ3v) is 7.22. The number of benzene rings is 3. The summed E-state index contributed by atoms with van der Waals surface area (Å²) in [6.45, 7) is 17.2. The minimum absolute atomic E-state index is 0.128. The fraction of sp³-hybridized carbons (Fsp3) is 0.316. The van der Waals surface area contributed by atoms with Crippen LogP contribution in [0.5, 0.6) is 5.75 Å². The molecule has 3 rings (SSSR count). The summed E-state index contributed by atoms with van der Waals surface area (Å²) in [5.41, 5.74) is 8.22. The summed E-state index contributed by atoms with van der Waals surface area (Å²) in [7, 11) is 0. The molecule has 0 aliphatic rings. The van der Waals surface area contributed by atoms with Crippen LogP contribution in [-0.2, 0) is 0 Å². The van der Waals surface area contributed by atoms with E-state index in [9.17, 15) is 5.11 Å². The normalized spacial score (nSPS) is 11.4. The van der Waals surface area contributed by atoms with Crippen molar-refractivity contribution in [1.82, 2.24) is 5.32 Å². The van der Waals surface area contributed by atoms with Crippen molar-refractivity contribution in [3.63, 3.8) is 0 Å². The van der Waals surface area contributed by atoms with E-state index in [-0.39, 0.29) is 5.75 Å². The van der Waals surface area contributed by atoms with Crippen LogP contribution in [0.2, 0.25) is 0 Å². The van der Waals surface area contributed by atoms with Crippen molar-refractivity contribution in [3.05, 3.63) is 120 Å². The summed E-state index contributed by atoms with van der Waals surface area (Å²) in [6.07, 6.45) is 12.0. The molecule has 3 N–H and O–H groups in total. The fourth-order valence-electron chi connectivity index (χ4n) is 4.55. The maximum absolute atomic E-state index is 10.8. The van der Waals surface area contributed by atoms with E-state index in [0.29, 0.717) is 17.1 Å². The van der Waals surface area contributed by atoms with Crippen LogP contribution in [0.25, 0.3) is 22.5 Å². The van der Waals surface area contributed by atoms with Crippen molar-refractivity contribution in [2.45, 2.75) is 79.1 Å². The molecule has 42 heavy (non-hydrogen) atoms. The van der Waals surface area contributed by atoms with E-state index in [1.54, 1.807) is 11.5 Å². The highest BCUT2D eigenvalue weighted by Gasteiger charge is 2.11. The Morgan fingerprint density at radius 3 is 2.05 bits per heavy atom. The maximum Gasteiger partial charge on any atom is 0.139 e. The van der Waals surface area contributed by atoms with E-state index in [4.69, 9.17) is 0 Å². The lowest BCUT2D eigenvalue weighted by Crippen LogP contribution is -2.11. The van der Waals surface area contributed by atoms with E-state index >= 15 is 0 Å². The number of rotatable bonds is 15. The Morgan fingerprint density at radius 2 is 1.43 bits per heavy atom. The highest BCUT2D eigenvalue weighted by atomic mass is 32.1. The number of aromatic hydroxyl groups is 1. The van der Waals surface area contributed by atoms with Gasteiger partial charge in [-0.25, -0.2) is 0 Å². The van der Waals surface area contributed by atoms with Gasteiger partial charge >= 0.3 is 0 Å². The van der Waals surface area contributed by atoms with Gasteiger partial charge in [0.15, 0.2) is 0 Å². The molecule has 3 nitrogen and oxygen atoms in total. The average Bonchev–Trinajstić information content (AvgIpc) is 3.01. The summed E-state index contributed by atoms with van der Waals surface area (Å²) in [6, 6.07) is 23.8. The van der Waals surface area contributed by atoms with Crippen molar-refractivity contribution in [2.75, 3.05) is 5.32 Å². The van der Waals surface area contributed by atoms with Crippen LogP contribution < -0.4 is 10.6 Å². The van der Waals surface area contributed by atoms with Gasteiger partial charge in [0.25, 0.3) is 0 Å². The first-order valence-corrected chi connectivity index (χ1v) is 15.8. The van der Waals surface area contributed by atoms with Crippen molar-refractivity contribution in [1.29, 1.82) is 0 Å². The van der Waals surface area contributed by atoms with Gasteiger partial charge in [-0.3, -0.25) is 0 Å². The molecule has 0 atom stereocenters. The van der Waals surface area contributed by atoms with E-state index in [0.717, 1.165) is 40.8 Å². The predicted molar refractivity (Wildman–Crippen MR) is 190 cm³/mol. The number of allylic oxidation sites excluding steroid dienone is 2. The molecule has 3 aromatic rings. The van der Waals surface area contributed by atoms with Crippen molar-refractivity contribution >= 4 is 29.7 Å². The second-order valence-corrected chi connectivity index (χ2v) is 10.8.